The molecule has 0 fully saturated rings. The van der Waals surface area contributed by atoms with E-state index in [4.69, 9.17) is 16.7 Å². The Labute approximate surface area is 70.6 Å². The molecular formula is C6H3ClF3NO. The van der Waals surface area contributed by atoms with Gasteiger partial charge in [0.25, 0.3) is 6.43 Å². The van der Waals surface area contributed by atoms with Gasteiger partial charge in [0.15, 0.2) is 11.6 Å². The van der Waals surface area contributed by atoms with E-state index < -0.39 is 28.7 Å². The number of halogens is 4. The smallest absolute Gasteiger partial charge is 0.284 e. The minimum absolute atomic E-state index is 0.531. The largest absolute Gasteiger partial charge is 0.504 e. The second kappa shape index (κ2) is 3.18. The SMILES string of the molecule is Oc1c(C(F)F)ncc(F)c1Cl. The Morgan fingerprint density at radius 2 is 2.08 bits per heavy atom. The third kappa shape index (κ3) is 1.45. The van der Waals surface area contributed by atoms with E-state index in [0.717, 1.165) is 0 Å². The molecule has 2 nitrogen and oxygen atoms in total. The van der Waals surface area contributed by atoms with E-state index in [0.29, 0.717) is 6.20 Å². The maximum Gasteiger partial charge on any atom is 0.284 e. The zero-order chi connectivity index (χ0) is 9.30. The van der Waals surface area contributed by atoms with Crippen LogP contribution in [0.25, 0.3) is 0 Å². The predicted molar refractivity (Wildman–Crippen MR) is 35.8 cm³/mol. The molecule has 0 aliphatic heterocycles. The van der Waals surface area contributed by atoms with Crippen molar-refractivity contribution in [2.24, 2.45) is 0 Å². The van der Waals surface area contributed by atoms with E-state index in [1.54, 1.807) is 0 Å². The van der Waals surface area contributed by atoms with Crippen LogP contribution in [0.3, 0.4) is 0 Å². The molecular weight excluding hydrogens is 195 g/mol. The molecule has 0 aliphatic carbocycles. The summed E-state index contributed by atoms with van der Waals surface area (Å²) >= 11 is 5.13. The molecule has 1 aromatic heterocycles. The summed E-state index contributed by atoms with van der Waals surface area (Å²) in [6.45, 7) is 0. The van der Waals surface area contributed by atoms with E-state index >= 15 is 0 Å². The van der Waals surface area contributed by atoms with Crippen molar-refractivity contribution in [3.8, 4) is 5.75 Å². The van der Waals surface area contributed by atoms with E-state index in [1.807, 2.05) is 0 Å². The molecule has 1 heterocycles. The average Bonchev–Trinajstić information content (AvgIpc) is 2.00. The molecule has 0 radical (unpaired) electrons. The van der Waals surface area contributed by atoms with Crippen LogP contribution < -0.4 is 0 Å². The van der Waals surface area contributed by atoms with E-state index in [9.17, 15) is 13.2 Å². The lowest BCUT2D eigenvalue weighted by molar-refractivity contribution is 0.141. The third-order valence-corrected chi connectivity index (χ3v) is 1.54. The summed E-state index contributed by atoms with van der Waals surface area (Å²) in [6, 6.07) is 0. The zero-order valence-corrected chi connectivity index (χ0v) is 6.32. The summed E-state index contributed by atoms with van der Waals surface area (Å²) in [5.41, 5.74) is -0.915. The lowest BCUT2D eigenvalue weighted by Crippen LogP contribution is -1.93. The molecule has 66 valence electrons. The number of nitrogens with zero attached hydrogens (tertiary/aromatic N) is 1. The summed E-state index contributed by atoms with van der Waals surface area (Å²) < 4.78 is 36.3. The molecule has 1 rings (SSSR count). The molecule has 0 amide bonds. The molecule has 0 bridgehead atoms. The Hall–Kier alpha value is -0.970. The van der Waals surface area contributed by atoms with Crippen LogP contribution in [0.2, 0.25) is 5.02 Å². The quantitative estimate of drug-likeness (QED) is 0.751. The molecule has 0 atom stereocenters. The second-order valence-corrected chi connectivity index (χ2v) is 2.33. The standard InChI is InChI=1S/C6H3ClF3NO/c7-3-2(8)1-11-4(5(3)12)6(9)10/h1,6,12H. The van der Waals surface area contributed by atoms with Crippen molar-refractivity contribution < 1.29 is 18.3 Å². The number of aromatic nitrogens is 1. The van der Waals surface area contributed by atoms with Gasteiger partial charge < -0.3 is 5.11 Å². The van der Waals surface area contributed by atoms with Crippen molar-refractivity contribution in [1.82, 2.24) is 4.98 Å². The van der Waals surface area contributed by atoms with E-state index in [1.165, 1.54) is 0 Å². The fourth-order valence-electron chi connectivity index (χ4n) is 0.629. The van der Waals surface area contributed by atoms with Crippen LogP contribution in [0.1, 0.15) is 12.1 Å². The summed E-state index contributed by atoms with van der Waals surface area (Å²) in [6.07, 6.45) is -2.44. The molecule has 1 N–H and O–H groups in total. The minimum atomic E-state index is -2.97. The summed E-state index contributed by atoms with van der Waals surface area (Å²) in [5.74, 6) is -2.04. The van der Waals surface area contributed by atoms with Crippen molar-refractivity contribution >= 4 is 11.6 Å². The number of hydrogen-bond acceptors (Lipinski definition) is 2. The van der Waals surface area contributed by atoms with Crippen LogP contribution in [0.4, 0.5) is 13.2 Å². The van der Waals surface area contributed by atoms with Crippen molar-refractivity contribution in [2.45, 2.75) is 6.43 Å². The molecule has 0 saturated heterocycles. The van der Waals surface area contributed by atoms with Gasteiger partial charge in [-0.2, -0.15) is 0 Å². The molecule has 1 aromatic rings. The lowest BCUT2D eigenvalue weighted by atomic mass is 10.3. The van der Waals surface area contributed by atoms with Crippen molar-refractivity contribution in [1.29, 1.82) is 0 Å². The van der Waals surface area contributed by atoms with E-state index in [2.05, 4.69) is 4.98 Å². The molecule has 0 aliphatic rings. The fourth-order valence-corrected chi connectivity index (χ4v) is 0.775. The van der Waals surface area contributed by atoms with Crippen molar-refractivity contribution in [2.75, 3.05) is 0 Å². The number of alkyl halides is 2. The number of pyridine rings is 1. The van der Waals surface area contributed by atoms with Gasteiger partial charge >= 0.3 is 0 Å². The maximum absolute atomic E-state index is 12.4. The molecule has 0 unspecified atom stereocenters. The van der Waals surface area contributed by atoms with Gasteiger partial charge in [0.2, 0.25) is 0 Å². The van der Waals surface area contributed by atoms with Gasteiger partial charge in [0, 0.05) is 0 Å². The molecule has 0 aromatic carbocycles. The predicted octanol–water partition coefficient (Wildman–Crippen LogP) is 2.52. The normalized spacial score (nSPS) is 10.8. The Bertz CT molecular complexity index is 305. The minimum Gasteiger partial charge on any atom is -0.504 e. The van der Waals surface area contributed by atoms with Crippen LogP contribution in [-0.4, -0.2) is 10.1 Å². The van der Waals surface area contributed by atoms with Crippen molar-refractivity contribution in [3.63, 3.8) is 0 Å². The van der Waals surface area contributed by atoms with Crippen LogP contribution in [0.5, 0.6) is 5.75 Å². The van der Waals surface area contributed by atoms with Crippen molar-refractivity contribution in [3.05, 3.63) is 22.7 Å². The monoisotopic (exact) mass is 197 g/mol. The number of rotatable bonds is 1. The van der Waals surface area contributed by atoms with Gasteiger partial charge in [-0.3, -0.25) is 0 Å². The number of aromatic hydroxyl groups is 1. The van der Waals surface area contributed by atoms with Crippen LogP contribution in [-0.2, 0) is 0 Å². The van der Waals surface area contributed by atoms with Gasteiger partial charge in [-0.05, 0) is 0 Å². The lowest BCUT2D eigenvalue weighted by Gasteiger charge is -2.03. The van der Waals surface area contributed by atoms with Gasteiger partial charge in [-0.1, -0.05) is 11.6 Å². The zero-order valence-electron chi connectivity index (χ0n) is 5.56. The Balaban J connectivity index is 3.27. The molecule has 0 saturated carbocycles. The van der Waals surface area contributed by atoms with Crippen LogP contribution >= 0.6 is 11.6 Å². The molecule has 6 heteroatoms. The summed E-state index contributed by atoms with van der Waals surface area (Å²) in [4.78, 5) is 2.98. The fraction of sp³-hybridized carbons (Fsp3) is 0.167. The average molecular weight is 198 g/mol. The van der Waals surface area contributed by atoms with Gasteiger partial charge in [0.1, 0.15) is 10.7 Å². The van der Waals surface area contributed by atoms with Crippen LogP contribution in [0, 0.1) is 5.82 Å². The van der Waals surface area contributed by atoms with Crippen LogP contribution in [0.15, 0.2) is 6.20 Å². The first-order valence-corrected chi connectivity index (χ1v) is 3.23. The topological polar surface area (TPSA) is 33.1 Å². The highest BCUT2D eigenvalue weighted by molar-refractivity contribution is 6.32. The van der Waals surface area contributed by atoms with Gasteiger partial charge in [-0.15, -0.1) is 0 Å². The Morgan fingerprint density at radius 3 is 2.58 bits per heavy atom. The summed E-state index contributed by atoms with van der Waals surface area (Å²) in [7, 11) is 0. The maximum atomic E-state index is 12.4. The second-order valence-electron chi connectivity index (χ2n) is 1.95. The number of hydrogen-bond donors (Lipinski definition) is 1. The first kappa shape index (κ1) is 9.12. The van der Waals surface area contributed by atoms with E-state index in [-0.39, 0.29) is 0 Å². The first-order chi connectivity index (χ1) is 5.54. The molecule has 12 heavy (non-hydrogen) atoms. The molecule has 0 spiro atoms. The third-order valence-electron chi connectivity index (χ3n) is 1.18. The first-order valence-electron chi connectivity index (χ1n) is 2.85. The van der Waals surface area contributed by atoms with Gasteiger partial charge in [-0.25, -0.2) is 18.2 Å². The Kier molecular flexibility index (Phi) is 2.42. The summed E-state index contributed by atoms with van der Waals surface area (Å²) in [5, 5.41) is 8.10. The highest BCUT2D eigenvalue weighted by atomic mass is 35.5. The van der Waals surface area contributed by atoms with Gasteiger partial charge in [0.05, 0.1) is 6.20 Å². The highest BCUT2D eigenvalue weighted by Crippen LogP contribution is 2.33. The Morgan fingerprint density at radius 1 is 1.50 bits per heavy atom. The highest BCUT2D eigenvalue weighted by Gasteiger charge is 2.19.